The summed E-state index contributed by atoms with van der Waals surface area (Å²) in [7, 11) is 0. The highest BCUT2D eigenvalue weighted by atomic mass is 16.2. The molecule has 1 atom stereocenters. The zero-order valence-corrected chi connectivity index (χ0v) is 16.8. The maximum absolute atomic E-state index is 12.4. The van der Waals surface area contributed by atoms with E-state index < -0.39 is 5.69 Å². The summed E-state index contributed by atoms with van der Waals surface area (Å²) in [6, 6.07) is 5.47. The molecule has 1 aromatic carbocycles. The molecule has 1 aliphatic heterocycles. The highest BCUT2D eigenvalue weighted by molar-refractivity contribution is 5.97. The minimum absolute atomic E-state index is 0.186. The number of amides is 1. The number of carbonyl (C=O) groups is 1. The number of aromatic nitrogens is 2. The summed E-state index contributed by atoms with van der Waals surface area (Å²) in [5.41, 5.74) is 0.0533. The standard InChI is InChI=1S/C21H30N4O3/c1-3-25-20(27)17-10-9-16(14-18(17)23-21(25)28)19(26)22-11-5-7-13-24-12-6-4-8-15(24)2/h9-10,14-15H,3-8,11-13H2,1-2H3,(H,22,26)(H,23,28). The summed E-state index contributed by atoms with van der Waals surface area (Å²) >= 11 is 0. The first kappa shape index (κ1) is 20.3. The second-order valence-corrected chi connectivity index (χ2v) is 7.58. The summed E-state index contributed by atoms with van der Waals surface area (Å²) in [5.74, 6) is -0.186. The van der Waals surface area contributed by atoms with E-state index in [1.54, 1.807) is 25.1 Å². The van der Waals surface area contributed by atoms with Crippen LogP contribution < -0.4 is 16.6 Å². The third kappa shape index (κ3) is 4.52. The molecule has 152 valence electrons. The van der Waals surface area contributed by atoms with Crippen LogP contribution in [0.3, 0.4) is 0 Å². The molecular formula is C21H30N4O3. The second kappa shape index (κ2) is 9.19. The number of hydrogen-bond donors (Lipinski definition) is 2. The van der Waals surface area contributed by atoms with Crippen molar-refractivity contribution in [2.24, 2.45) is 0 Å². The van der Waals surface area contributed by atoms with Gasteiger partial charge in [-0.3, -0.25) is 14.2 Å². The van der Waals surface area contributed by atoms with Crippen LogP contribution in [-0.4, -0.2) is 46.0 Å². The van der Waals surface area contributed by atoms with Crippen LogP contribution in [0.1, 0.15) is 56.3 Å². The highest BCUT2D eigenvalue weighted by Gasteiger charge is 2.17. The Bertz CT molecular complexity index is 947. The average Bonchev–Trinajstić information content (AvgIpc) is 2.68. The number of nitrogens with one attached hydrogen (secondary N) is 2. The first-order chi connectivity index (χ1) is 13.5. The number of benzene rings is 1. The maximum Gasteiger partial charge on any atom is 0.328 e. The summed E-state index contributed by atoms with van der Waals surface area (Å²) in [6.07, 6.45) is 5.89. The first-order valence-electron chi connectivity index (χ1n) is 10.3. The molecule has 1 unspecified atom stereocenters. The van der Waals surface area contributed by atoms with Crippen molar-refractivity contribution in [1.29, 1.82) is 0 Å². The normalized spacial score (nSPS) is 17.7. The molecular weight excluding hydrogens is 356 g/mol. The molecule has 0 bridgehead atoms. The summed E-state index contributed by atoms with van der Waals surface area (Å²) < 4.78 is 1.14. The average molecular weight is 386 g/mol. The Kier molecular flexibility index (Phi) is 6.67. The summed E-state index contributed by atoms with van der Waals surface area (Å²) in [5, 5.41) is 3.34. The number of hydrogen-bond acceptors (Lipinski definition) is 4. The van der Waals surface area contributed by atoms with Crippen molar-refractivity contribution < 1.29 is 4.79 Å². The Morgan fingerprint density at radius 2 is 2.07 bits per heavy atom. The van der Waals surface area contributed by atoms with Crippen LogP contribution in [-0.2, 0) is 6.54 Å². The van der Waals surface area contributed by atoms with Gasteiger partial charge >= 0.3 is 5.69 Å². The minimum atomic E-state index is -0.454. The van der Waals surface area contributed by atoms with Gasteiger partial charge in [0, 0.05) is 24.7 Å². The van der Waals surface area contributed by atoms with Gasteiger partial charge in [-0.1, -0.05) is 6.42 Å². The lowest BCUT2D eigenvalue weighted by Crippen LogP contribution is -2.38. The molecule has 3 rings (SSSR count). The SMILES string of the molecule is CCn1c(=O)[nH]c2cc(C(=O)NCCCCN3CCCCC3C)ccc2c1=O. The highest BCUT2D eigenvalue weighted by Crippen LogP contribution is 2.16. The second-order valence-electron chi connectivity index (χ2n) is 7.58. The van der Waals surface area contributed by atoms with Gasteiger partial charge in [-0.2, -0.15) is 0 Å². The zero-order valence-electron chi connectivity index (χ0n) is 16.8. The predicted octanol–water partition coefficient (Wildman–Crippen LogP) is 2.09. The van der Waals surface area contributed by atoms with Gasteiger partial charge < -0.3 is 15.2 Å². The monoisotopic (exact) mass is 386 g/mol. The quantitative estimate of drug-likeness (QED) is 0.714. The van der Waals surface area contributed by atoms with E-state index >= 15 is 0 Å². The zero-order chi connectivity index (χ0) is 20.1. The third-order valence-corrected chi connectivity index (χ3v) is 5.66. The molecule has 2 heterocycles. The fourth-order valence-electron chi connectivity index (χ4n) is 3.92. The fraction of sp³-hybridized carbons (Fsp3) is 0.571. The Labute approximate surface area is 164 Å². The molecule has 1 saturated heterocycles. The third-order valence-electron chi connectivity index (χ3n) is 5.66. The molecule has 2 aromatic rings. The van der Waals surface area contributed by atoms with Crippen LogP contribution in [0, 0.1) is 0 Å². The van der Waals surface area contributed by atoms with Gasteiger partial charge in [0.05, 0.1) is 10.9 Å². The molecule has 2 N–H and O–H groups in total. The van der Waals surface area contributed by atoms with Crippen LogP contribution in [0.25, 0.3) is 10.9 Å². The van der Waals surface area contributed by atoms with Crippen LogP contribution in [0.5, 0.6) is 0 Å². The molecule has 0 aliphatic carbocycles. The fourth-order valence-corrected chi connectivity index (χ4v) is 3.92. The molecule has 1 aromatic heterocycles. The Morgan fingerprint density at radius 3 is 2.82 bits per heavy atom. The van der Waals surface area contributed by atoms with Gasteiger partial charge in [-0.05, 0) is 70.8 Å². The Morgan fingerprint density at radius 1 is 1.25 bits per heavy atom. The minimum Gasteiger partial charge on any atom is -0.352 e. The van der Waals surface area contributed by atoms with Crippen molar-refractivity contribution in [3.05, 3.63) is 44.6 Å². The molecule has 1 amide bonds. The van der Waals surface area contributed by atoms with Gasteiger partial charge in [0.15, 0.2) is 0 Å². The van der Waals surface area contributed by atoms with Crippen LogP contribution in [0.15, 0.2) is 27.8 Å². The Balaban J connectivity index is 1.55. The van der Waals surface area contributed by atoms with E-state index in [2.05, 4.69) is 22.1 Å². The lowest BCUT2D eigenvalue weighted by atomic mass is 10.0. The molecule has 28 heavy (non-hydrogen) atoms. The number of likely N-dealkylation sites (tertiary alicyclic amines) is 1. The molecule has 7 nitrogen and oxygen atoms in total. The number of unbranched alkanes of at least 4 members (excludes halogenated alkanes) is 1. The van der Waals surface area contributed by atoms with E-state index in [1.807, 2.05) is 0 Å². The molecule has 7 heteroatoms. The molecule has 1 fully saturated rings. The predicted molar refractivity (Wildman–Crippen MR) is 111 cm³/mol. The number of nitrogens with zero attached hydrogens (tertiary/aromatic N) is 2. The lowest BCUT2D eigenvalue weighted by molar-refractivity contribution is 0.0951. The molecule has 0 spiro atoms. The lowest BCUT2D eigenvalue weighted by Gasteiger charge is -2.33. The van der Waals surface area contributed by atoms with Gasteiger partial charge in [-0.25, -0.2) is 4.79 Å². The van der Waals surface area contributed by atoms with E-state index in [0.29, 0.717) is 35.6 Å². The largest absolute Gasteiger partial charge is 0.352 e. The van der Waals surface area contributed by atoms with Crippen molar-refractivity contribution in [2.75, 3.05) is 19.6 Å². The van der Waals surface area contributed by atoms with Gasteiger partial charge in [0.2, 0.25) is 0 Å². The van der Waals surface area contributed by atoms with E-state index in [0.717, 1.165) is 24.0 Å². The van der Waals surface area contributed by atoms with E-state index in [4.69, 9.17) is 0 Å². The maximum atomic E-state index is 12.4. The number of fused-ring (bicyclic) bond motifs is 1. The molecule has 0 radical (unpaired) electrons. The van der Waals surface area contributed by atoms with E-state index in [9.17, 15) is 14.4 Å². The van der Waals surface area contributed by atoms with Crippen LogP contribution in [0.4, 0.5) is 0 Å². The Hall–Kier alpha value is -2.41. The topological polar surface area (TPSA) is 87.2 Å². The first-order valence-corrected chi connectivity index (χ1v) is 10.3. The smallest absolute Gasteiger partial charge is 0.328 e. The summed E-state index contributed by atoms with van der Waals surface area (Å²) in [4.78, 5) is 41.9. The van der Waals surface area contributed by atoms with Gasteiger partial charge in [0.25, 0.3) is 11.5 Å². The van der Waals surface area contributed by atoms with Crippen LogP contribution in [0.2, 0.25) is 0 Å². The van der Waals surface area contributed by atoms with Crippen molar-refractivity contribution >= 4 is 16.8 Å². The van der Waals surface area contributed by atoms with Crippen molar-refractivity contribution in [2.45, 2.75) is 58.5 Å². The van der Waals surface area contributed by atoms with Gasteiger partial charge in [0.1, 0.15) is 0 Å². The number of aromatic amines is 1. The van der Waals surface area contributed by atoms with Crippen LogP contribution >= 0.6 is 0 Å². The molecule has 1 aliphatic rings. The van der Waals surface area contributed by atoms with E-state index in [1.165, 1.54) is 25.8 Å². The van der Waals surface area contributed by atoms with Crippen molar-refractivity contribution in [1.82, 2.24) is 19.8 Å². The molecule has 0 saturated carbocycles. The van der Waals surface area contributed by atoms with E-state index in [-0.39, 0.29) is 11.5 Å². The number of piperidine rings is 1. The number of carbonyl (C=O) groups excluding carboxylic acids is 1. The number of H-pyrrole nitrogens is 1. The van der Waals surface area contributed by atoms with Crippen molar-refractivity contribution in [3.63, 3.8) is 0 Å². The van der Waals surface area contributed by atoms with Crippen molar-refractivity contribution in [3.8, 4) is 0 Å². The number of rotatable bonds is 7. The summed E-state index contributed by atoms with van der Waals surface area (Å²) in [6.45, 7) is 7.23. The van der Waals surface area contributed by atoms with Gasteiger partial charge in [-0.15, -0.1) is 0 Å².